The summed E-state index contributed by atoms with van der Waals surface area (Å²) in [6.07, 6.45) is 2.23. The van der Waals surface area contributed by atoms with Gasteiger partial charge >= 0.3 is 0 Å². The van der Waals surface area contributed by atoms with Crippen LogP contribution in [0.3, 0.4) is 0 Å². The molecule has 7 heteroatoms. The number of nitrogens with one attached hydrogen (secondary N) is 1. The smallest absolute Gasteiger partial charge is 0.294 e. The van der Waals surface area contributed by atoms with Crippen molar-refractivity contribution in [3.05, 3.63) is 34.4 Å². The summed E-state index contributed by atoms with van der Waals surface area (Å²) in [7, 11) is 0. The largest absolute Gasteiger partial charge is 0.494 e. The number of unbranched alkanes of at least 4 members (excludes halogenated alkanes) is 2. The summed E-state index contributed by atoms with van der Waals surface area (Å²) in [6.45, 7) is 2.11. The molecule has 1 aromatic rings. The highest BCUT2D eigenvalue weighted by molar-refractivity contribution is 5.88. The summed E-state index contributed by atoms with van der Waals surface area (Å²) in [6, 6.07) is 7.09. The molecule has 0 aliphatic heterocycles. The minimum absolute atomic E-state index is 0.115. The minimum atomic E-state index is -0.785. The van der Waals surface area contributed by atoms with Crippen LogP contribution in [0.4, 0.5) is 5.69 Å². The Kier molecular flexibility index (Phi) is 6.88. The van der Waals surface area contributed by atoms with E-state index in [0.29, 0.717) is 13.0 Å². The normalized spacial score (nSPS) is 9.85. The molecule has 0 bridgehead atoms. The van der Waals surface area contributed by atoms with E-state index in [1.807, 2.05) is 0 Å². The third-order valence-corrected chi connectivity index (χ3v) is 2.43. The lowest BCUT2D eigenvalue weighted by molar-refractivity contribution is -0.757. The second-order valence-electron chi connectivity index (χ2n) is 4.17. The lowest BCUT2D eigenvalue weighted by Crippen LogP contribution is -2.05. The van der Waals surface area contributed by atoms with Crippen molar-refractivity contribution in [2.75, 3.05) is 18.5 Å². The van der Waals surface area contributed by atoms with Gasteiger partial charge in [0.1, 0.15) is 5.75 Å². The Morgan fingerprint density at radius 3 is 2.45 bits per heavy atom. The standard InChI is InChI=1S/C13H18N2O5/c1-11(16)14-12-5-7-13(8-6-12)19-9-3-2-4-10-20-15(17)18/h5-8H,2-4,9-10H2,1H3,(H,14,16). The van der Waals surface area contributed by atoms with Gasteiger partial charge in [0.15, 0.2) is 0 Å². The maximum atomic E-state index is 10.8. The number of benzene rings is 1. The fourth-order valence-electron chi connectivity index (χ4n) is 1.55. The van der Waals surface area contributed by atoms with Gasteiger partial charge in [-0.25, -0.2) is 0 Å². The van der Waals surface area contributed by atoms with Gasteiger partial charge in [-0.15, -0.1) is 10.1 Å². The van der Waals surface area contributed by atoms with E-state index in [9.17, 15) is 14.9 Å². The third-order valence-electron chi connectivity index (χ3n) is 2.43. The van der Waals surface area contributed by atoms with E-state index < -0.39 is 5.09 Å². The topological polar surface area (TPSA) is 90.7 Å². The number of amides is 1. The molecule has 0 saturated carbocycles. The summed E-state index contributed by atoms with van der Waals surface area (Å²) in [5.41, 5.74) is 0.724. The Morgan fingerprint density at radius 1 is 1.20 bits per heavy atom. The third kappa shape index (κ3) is 7.20. The first-order valence-electron chi connectivity index (χ1n) is 6.35. The highest BCUT2D eigenvalue weighted by Crippen LogP contribution is 2.16. The van der Waals surface area contributed by atoms with Gasteiger partial charge in [0.05, 0.1) is 13.2 Å². The Bertz CT molecular complexity index is 433. The zero-order valence-corrected chi connectivity index (χ0v) is 11.3. The van der Waals surface area contributed by atoms with E-state index >= 15 is 0 Å². The molecule has 20 heavy (non-hydrogen) atoms. The molecule has 0 heterocycles. The fourth-order valence-corrected chi connectivity index (χ4v) is 1.55. The number of rotatable bonds is 9. The van der Waals surface area contributed by atoms with Crippen LogP contribution in [0.15, 0.2) is 24.3 Å². The van der Waals surface area contributed by atoms with Crippen molar-refractivity contribution in [2.45, 2.75) is 26.2 Å². The molecule has 1 rings (SSSR count). The summed E-state index contributed by atoms with van der Waals surface area (Å²) in [5.74, 6) is 0.608. The Labute approximate surface area is 117 Å². The van der Waals surface area contributed by atoms with Crippen molar-refractivity contribution in [1.82, 2.24) is 0 Å². The molecule has 0 fully saturated rings. The van der Waals surface area contributed by atoms with Crippen molar-refractivity contribution in [3.63, 3.8) is 0 Å². The molecular formula is C13H18N2O5. The van der Waals surface area contributed by atoms with E-state index in [4.69, 9.17) is 4.74 Å². The van der Waals surface area contributed by atoms with Crippen molar-refractivity contribution in [1.29, 1.82) is 0 Å². The lowest BCUT2D eigenvalue weighted by atomic mass is 10.2. The Balaban J connectivity index is 2.13. The van der Waals surface area contributed by atoms with Gasteiger partial charge < -0.3 is 14.9 Å². The SMILES string of the molecule is CC(=O)Nc1ccc(OCCCCCO[N+](=O)[O-])cc1. The predicted octanol–water partition coefficient (Wildman–Crippen LogP) is 2.40. The molecule has 0 unspecified atom stereocenters. The minimum Gasteiger partial charge on any atom is -0.494 e. The van der Waals surface area contributed by atoms with Crippen LogP contribution >= 0.6 is 0 Å². The average molecular weight is 282 g/mol. The molecule has 110 valence electrons. The average Bonchev–Trinajstić information content (AvgIpc) is 2.38. The van der Waals surface area contributed by atoms with Gasteiger partial charge in [-0.2, -0.15) is 0 Å². The number of ether oxygens (including phenoxy) is 1. The quantitative estimate of drug-likeness (QED) is 0.426. The molecule has 1 amide bonds. The zero-order chi connectivity index (χ0) is 14.8. The van der Waals surface area contributed by atoms with Crippen LogP contribution in [0.5, 0.6) is 5.75 Å². The van der Waals surface area contributed by atoms with Crippen LogP contribution in [0, 0.1) is 10.1 Å². The van der Waals surface area contributed by atoms with E-state index in [0.717, 1.165) is 24.3 Å². The molecule has 0 atom stereocenters. The molecule has 0 aromatic heterocycles. The molecule has 0 saturated heterocycles. The Morgan fingerprint density at radius 2 is 1.85 bits per heavy atom. The number of carbonyl (C=O) groups excluding carboxylic acids is 1. The van der Waals surface area contributed by atoms with Crippen LogP contribution < -0.4 is 10.1 Å². The van der Waals surface area contributed by atoms with Crippen LogP contribution in [-0.4, -0.2) is 24.2 Å². The number of nitrogens with zero attached hydrogens (tertiary/aromatic N) is 1. The molecule has 1 N–H and O–H groups in total. The van der Waals surface area contributed by atoms with Gasteiger partial charge in [0.2, 0.25) is 5.91 Å². The van der Waals surface area contributed by atoms with Gasteiger partial charge in [-0.05, 0) is 43.5 Å². The lowest BCUT2D eigenvalue weighted by Gasteiger charge is -2.07. The van der Waals surface area contributed by atoms with E-state index in [2.05, 4.69) is 10.2 Å². The summed E-state index contributed by atoms with van der Waals surface area (Å²) in [5, 5.41) is 11.8. The van der Waals surface area contributed by atoms with Crippen LogP contribution in [0.1, 0.15) is 26.2 Å². The molecule has 1 aromatic carbocycles. The molecule has 0 aliphatic rings. The molecule has 0 aliphatic carbocycles. The maximum Gasteiger partial charge on any atom is 0.294 e. The second kappa shape index (κ2) is 8.73. The number of carbonyl (C=O) groups is 1. The van der Waals surface area contributed by atoms with Gasteiger partial charge in [-0.3, -0.25) is 4.79 Å². The Hall–Kier alpha value is -2.31. The summed E-state index contributed by atoms with van der Waals surface area (Å²) >= 11 is 0. The van der Waals surface area contributed by atoms with Gasteiger partial charge in [0.25, 0.3) is 5.09 Å². The number of hydrogen-bond donors (Lipinski definition) is 1. The second-order valence-corrected chi connectivity index (χ2v) is 4.17. The van der Waals surface area contributed by atoms with Crippen LogP contribution in [0.25, 0.3) is 0 Å². The maximum absolute atomic E-state index is 10.8. The predicted molar refractivity (Wildman–Crippen MR) is 73.0 cm³/mol. The highest BCUT2D eigenvalue weighted by Gasteiger charge is 1.98. The van der Waals surface area contributed by atoms with E-state index in [-0.39, 0.29) is 12.5 Å². The van der Waals surface area contributed by atoms with E-state index in [1.165, 1.54) is 6.92 Å². The van der Waals surface area contributed by atoms with E-state index in [1.54, 1.807) is 24.3 Å². The molecule has 0 spiro atoms. The molecule has 7 nitrogen and oxygen atoms in total. The van der Waals surface area contributed by atoms with Crippen molar-refractivity contribution in [2.24, 2.45) is 0 Å². The molecular weight excluding hydrogens is 264 g/mol. The highest BCUT2D eigenvalue weighted by atomic mass is 16.9. The van der Waals surface area contributed by atoms with Gasteiger partial charge in [-0.1, -0.05) is 0 Å². The van der Waals surface area contributed by atoms with Crippen LogP contribution in [0.2, 0.25) is 0 Å². The first-order chi connectivity index (χ1) is 9.58. The zero-order valence-electron chi connectivity index (χ0n) is 11.3. The van der Waals surface area contributed by atoms with Crippen LogP contribution in [-0.2, 0) is 9.63 Å². The first kappa shape index (κ1) is 15.7. The number of anilines is 1. The molecule has 0 radical (unpaired) electrons. The van der Waals surface area contributed by atoms with Crippen molar-refractivity contribution in [3.8, 4) is 5.75 Å². The monoisotopic (exact) mass is 282 g/mol. The summed E-state index contributed by atoms with van der Waals surface area (Å²) < 4.78 is 5.51. The summed E-state index contributed by atoms with van der Waals surface area (Å²) in [4.78, 5) is 24.9. The number of hydrogen-bond acceptors (Lipinski definition) is 5. The fraction of sp³-hybridized carbons (Fsp3) is 0.462. The van der Waals surface area contributed by atoms with Gasteiger partial charge in [0, 0.05) is 12.6 Å². The van der Waals surface area contributed by atoms with Crippen molar-refractivity contribution < 1.29 is 19.5 Å². The first-order valence-corrected chi connectivity index (χ1v) is 6.35. The van der Waals surface area contributed by atoms with Crippen molar-refractivity contribution >= 4 is 11.6 Å².